The summed E-state index contributed by atoms with van der Waals surface area (Å²) < 4.78 is 4.62. The highest BCUT2D eigenvalue weighted by atomic mass is 32.2. The van der Waals surface area contributed by atoms with Crippen molar-refractivity contribution in [1.29, 1.82) is 0 Å². The fourth-order valence-corrected chi connectivity index (χ4v) is 2.90. The van der Waals surface area contributed by atoms with E-state index in [4.69, 9.17) is 5.11 Å². The van der Waals surface area contributed by atoms with Crippen LogP contribution >= 0.6 is 11.8 Å². The lowest BCUT2D eigenvalue weighted by atomic mass is 10.1. The second-order valence-corrected chi connectivity index (χ2v) is 5.81. The van der Waals surface area contributed by atoms with E-state index in [1.807, 2.05) is 0 Å². The van der Waals surface area contributed by atoms with Crippen LogP contribution in [-0.2, 0) is 14.3 Å². The van der Waals surface area contributed by atoms with Gasteiger partial charge in [-0.15, -0.1) is 0 Å². The molecule has 1 rings (SSSR count). The van der Waals surface area contributed by atoms with Crippen LogP contribution in [0.2, 0.25) is 0 Å². The van der Waals surface area contributed by atoms with Crippen LogP contribution in [0.25, 0.3) is 0 Å². The summed E-state index contributed by atoms with van der Waals surface area (Å²) in [7, 11) is 1.36. The lowest BCUT2D eigenvalue weighted by Crippen LogP contribution is -2.37. The van der Waals surface area contributed by atoms with Gasteiger partial charge in [-0.2, -0.15) is 11.8 Å². The lowest BCUT2D eigenvalue weighted by Gasteiger charge is -2.19. The topological polar surface area (TPSA) is 83.8 Å². The summed E-state index contributed by atoms with van der Waals surface area (Å²) in [4.78, 5) is 21.8. The number of carboxylic acids is 1. The minimum Gasteiger partial charge on any atom is -0.479 e. The number of ether oxygens (including phenoxy) is 1. The average molecular weight is 262 g/mol. The van der Waals surface area contributed by atoms with Crippen LogP contribution in [0, 0.1) is 5.41 Å². The number of esters is 1. The van der Waals surface area contributed by atoms with Crippen LogP contribution in [-0.4, -0.2) is 46.4 Å². The molecule has 0 aromatic carbocycles. The third-order valence-electron chi connectivity index (χ3n) is 2.96. The van der Waals surface area contributed by atoms with Gasteiger partial charge in [0.05, 0.1) is 13.5 Å². The molecular weight excluding hydrogens is 244 g/mol. The molecule has 0 amide bonds. The van der Waals surface area contributed by atoms with Crippen molar-refractivity contribution in [3.05, 3.63) is 0 Å². The number of aliphatic carboxylic acids is 1. The first-order valence-corrected chi connectivity index (χ1v) is 6.57. The number of hydrogen-bond acceptors (Lipinski definition) is 5. The maximum absolute atomic E-state index is 11.2. The number of carbonyl (C=O) groups is 2. The number of methoxy groups -OCH3 is 1. The Balaban J connectivity index is 2.32. The van der Waals surface area contributed by atoms with Gasteiger partial charge in [0, 0.05) is 5.75 Å². The van der Waals surface area contributed by atoms with Crippen LogP contribution in [0.5, 0.6) is 0 Å². The van der Waals surface area contributed by atoms with E-state index in [1.165, 1.54) is 25.8 Å². The summed E-state index contributed by atoms with van der Waals surface area (Å²) in [6.45, 7) is 1.28. The minimum absolute atomic E-state index is 0.0354. The predicted octanol–water partition coefficient (Wildman–Crippen LogP) is 0.898. The summed E-state index contributed by atoms with van der Waals surface area (Å²) in [6, 6.07) is 0. The van der Waals surface area contributed by atoms with Gasteiger partial charge in [0.1, 0.15) is 0 Å². The molecule has 17 heavy (non-hydrogen) atoms. The Kier molecular flexibility index (Phi) is 4.43. The van der Waals surface area contributed by atoms with Gasteiger partial charge in [0.2, 0.25) is 0 Å². The lowest BCUT2D eigenvalue weighted by molar-refractivity contribution is -0.154. The molecule has 0 radical (unpaired) electrons. The van der Waals surface area contributed by atoms with Gasteiger partial charge in [-0.3, -0.25) is 4.79 Å². The highest BCUT2D eigenvalue weighted by Crippen LogP contribution is 2.51. The standard InChI is InChI=1S/C11H18O5S/c1-10(15,9(13)14)6-17-7-11(3-4-11)5-8(12)16-2/h15H,3-7H2,1-2H3,(H,13,14). The molecule has 0 aliphatic heterocycles. The Bertz CT molecular complexity index is 309. The number of carbonyl (C=O) groups excluding carboxylic acids is 1. The molecule has 0 spiro atoms. The van der Waals surface area contributed by atoms with Crippen molar-refractivity contribution >= 4 is 23.7 Å². The SMILES string of the molecule is COC(=O)CC1(CSCC(C)(O)C(=O)O)CC1. The monoisotopic (exact) mass is 262 g/mol. The second-order valence-electron chi connectivity index (χ2n) is 4.82. The van der Waals surface area contributed by atoms with E-state index in [2.05, 4.69) is 4.74 Å². The predicted molar refractivity (Wildman–Crippen MR) is 63.9 cm³/mol. The molecule has 1 unspecified atom stereocenters. The molecule has 2 N–H and O–H groups in total. The molecule has 98 valence electrons. The molecule has 5 nitrogen and oxygen atoms in total. The normalized spacial score (nSPS) is 20.4. The maximum Gasteiger partial charge on any atom is 0.336 e. The van der Waals surface area contributed by atoms with E-state index in [0.717, 1.165) is 12.8 Å². The second kappa shape index (κ2) is 5.27. The van der Waals surface area contributed by atoms with Crippen molar-refractivity contribution in [3.63, 3.8) is 0 Å². The van der Waals surface area contributed by atoms with Crippen LogP contribution in [0.4, 0.5) is 0 Å². The summed E-state index contributed by atoms with van der Waals surface area (Å²) >= 11 is 1.37. The first kappa shape index (κ1) is 14.3. The third-order valence-corrected chi connectivity index (χ3v) is 4.54. The van der Waals surface area contributed by atoms with Gasteiger partial charge in [-0.05, 0) is 30.9 Å². The van der Waals surface area contributed by atoms with Crippen LogP contribution in [0.1, 0.15) is 26.2 Å². The van der Waals surface area contributed by atoms with Gasteiger partial charge in [0.25, 0.3) is 0 Å². The Morgan fingerprint density at radius 2 is 2.06 bits per heavy atom. The number of carboxylic acid groups (broad SMARTS) is 1. The fourth-order valence-electron chi connectivity index (χ4n) is 1.46. The molecule has 1 saturated carbocycles. The molecule has 0 bridgehead atoms. The molecule has 0 aromatic heterocycles. The number of rotatable bonds is 7. The first-order chi connectivity index (χ1) is 7.81. The maximum atomic E-state index is 11.2. The Hall–Kier alpha value is -0.750. The Labute approximate surface area is 105 Å². The van der Waals surface area contributed by atoms with Gasteiger partial charge < -0.3 is 14.9 Å². The summed E-state index contributed by atoms with van der Waals surface area (Å²) in [6.07, 6.45) is 2.31. The molecule has 0 heterocycles. The molecule has 0 saturated heterocycles. The van der Waals surface area contributed by atoms with Gasteiger partial charge in [-0.25, -0.2) is 4.79 Å². The zero-order chi connectivity index (χ0) is 13.1. The van der Waals surface area contributed by atoms with Crippen LogP contribution < -0.4 is 0 Å². The smallest absolute Gasteiger partial charge is 0.336 e. The van der Waals surface area contributed by atoms with Crippen molar-refractivity contribution in [1.82, 2.24) is 0 Å². The van der Waals surface area contributed by atoms with E-state index in [1.54, 1.807) is 0 Å². The quantitative estimate of drug-likeness (QED) is 0.663. The van der Waals surface area contributed by atoms with Crippen molar-refractivity contribution < 1.29 is 24.5 Å². The van der Waals surface area contributed by atoms with E-state index in [9.17, 15) is 14.7 Å². The minimum atomic E-state index is -1.70. The molecule has 6 heteroatoms. The first-order valence-electron chi connectivity index (χ1n) is 5.42. The fraction of sp³-hybridized carbons (Fsp3) is 0.818. The van der Waals surface area contributed by atoms with E-state index < -0.39 is 11.6 Å². The highest BCUT2D eigenvalue weighted by Gasteiger charge is 2.45. The van der Waals surface area contributed by atoms with Crippen molar-refractivity contribution in [2.24, 2.45) is 5.41 Å². The van der Waals surface area contributed by atoms with Crippen LogP contribution in [0.15, 0.2) is 0 Å². The van der Waals surface area contributed by atoms with E-state index in [0.29, 0.717) is 12.2 Å². The van der Waals surface area contributed by atoms with Gasteiger partial charge in [-0.1, -0.05) is 0 Å². The largest absolute Gasteiger partial charge is 0.479 e. The summed E-state index contributed by atoms with van der Waals surface area (Å²) in [5.74, 6) is -0.632. The van der Waals surface area contributed by atoms with Crippen molar-refractivity contribution in [3.8, 4) is 0 Å². The Morgan fingerprint density at radius 3 is 2.47 bits per heavy atom. The summed E-state index contributed by atoms with van der Waals surface area (Å²) in [5.41, 5.74) is -1.74. The molecule has 1 atom stereocenters. The van der Waals surface area contributed by atoms with Crippen molar-refractivity contribution in [2.45, 2.75) is 31.8 Å². The molecule has 1 aliphatic rings. The van der Waals surface area contributed by atoms with Crippen LogP contribution in [0.3, 0.4) is 0 Å². The Morgan fingerprint density at radius 1 is 1.47 bits per heavy atom. The van der Waals surface area contributed by atoms with Gasteiger partial charge in [0.15, 0.2) is 5.60 Å². The van der Waals surface area contributed by atoms with E-state index >= 15 is 0 Å². The number of aliphatic hydroxyl groups is 1. The van der Waals surface area contributed by atoms with Gasteiger partial charge >= 0.3 is 11.9 Å². The zero-order valence-corrected chi connectivity index (χ0v) is 10.9. The van der Waals surface area contributed by atoms with E-state index in [-0.39, 0.29) is 17.1 Å². The average Bonchev–Trinajstić information content (AvgIpc) is 2.97. The highest BCUT2D eigenvalue weighted by molar-refractivity contribution is 7.99. The number of thioether (sulfide) groups is 1. The summed E-state index contributed by atoms with van der Waals surface area (Å²) in [5, 5.41) is 18.3. The molecular formula is C11H18O5S. The zero-order valence-electron chi connectivity index (χ0n) is 10.1. The third kappa shape index (κ3) is 4.20. The van der Waals surface area contributed by atoms with Crippen molar-refractivity contribution in [2.75, 3.05) is 18.6 Å². The molecule has 1 aliphatic carbocycles. The molecule has 0 aromatic rings. The number of hydrogen-bond donors (Lipinski definition) is 2. The molecule has 1 fully saturated rings.